The monoisotopic (exact) mass is 250 g/mol. The van der Waals surface area contributed by atoms with Crippen molar-refractivity contribution in [2.75, 3.05) is 19.8 Å². The molecule has 1 rings (SSSR count). The predicted octanol–water partition coefficient (Wildman–Crippen LogP) is 2.34. The van der Waals surface area contributed by atoms with Crippen LogP contribution in [0.25, 0.3) is 0 Å². The van der Waals surface area contributed by atoms with Gasteiger partial charge >= 0.3 is 0 Å². The van der Waals surface area contributed by atoms with Crippen LogP contribution in [0.4, 0.5) is 0 Å². The van der Waals surface area contributed by atoms with Crippen LogP contribution in [0.1, 0.15) is 12.0 Å². The fourth-order valence-corrected chi connectivity index (χ4v) is 2.21. The first kappa shape index (κ1) is 14.2. The molecule has 0 radical (unpaired) electrons. The Balaban J connectivity index is 1.86. The lowest BCUT2D eigenvalue weighted by Crippen LogP contribution is -2.05. The molecule has 0 fully saturated rings. The van der Waals surface area contributed by atoms with Gasteiger partial charge in [0.2, 0.25) is 0 Å². The fourth-order valence-electron chi connectivity index (χ4n) is 1.47. The van der Waals surface area contributed by atoms with Gasteiger partial charge in [-0.25, -0.2) is 0 Å². The third-order valence-electron chi connectivity index (χ3n) is 2.42. The lowest BCUT2D eigenvalue weighted by Gasteiger charge is -2.05. The molecule has 0 heterocycles. The van der Waals surface area contributed by atoms with Crippen molar-refractivity contribution in [3.8, 4) is 0 Å². The lowest BCUT2D eigenvalue weighted by atomic mass is 10.2. The van der Waals surface area contributed by atoms with Gasteiger partial charge in [0.25, 0.3) is 0 Å². The minimum absolute atomic E-state index is 0.344. The van der Waals surface area contributed by atoms with Crippen LogP contribution in [0.5, 0.6) is 0 Å². The summed E-state index contributed by atoms with van der Waals surface area (Å²) in [6, 6.07) is 11.5. The molecule has 17 heavy (non-hydrogen) atoms. The Labute approximate surface area is 107 Å². The zero-order chi connectivity index (χ0) is 12.2. The molecule has 0 atom stereocenters. The molecule has 0 saturated heterocycles. The molecule has 0 spiro atoms. The lowest BCUT2D eigenvalue weighted by molar-refractivity contribution is 0.123. The van der Waals surface area contributed by atoms with Crippen LogP contribution in [0.2, 0.25) is 6.04 Å². The smallest absolute Gasteiger partial charge is 0.165 e. The molecule has 0 N–H and O–H groups in total. The topological polar surface area (TPSA) is 18.5 Å². The van der Waals surface area contributed by atoms with Crippen LogP contribution in [-0.2, 0) is 15.6 Å². The summed E-state index contributed by atoms with van der Waals surface area (Å²) in [5.41, 5.74) is 1.34. The van der Waals surface area contributed by atoms with Crippen molar-refractivity contribution in [1.29, 1.82) is 0 Å². The third-order valence-corrected chi connectivity index (χ3v) is 3.64. The second-order valence-corrected chi connectivity index (χ2v) is 5.29. The van der Waals surface area contributed by atoms with Gasteiger partial charge in [0.1, 0.15) is 0 Å². The fraction of sp³-hybridized carbons (Fsp3) is 0.429. The van der Waals surface area contributed by atoms with E-state index in [9.17, 15) is 0 Å². The minimum atomic E-state index is -0.344. The number of benzene rings is 1. The van der Waals surface area contributed by atoms with E-state index >= 15 is 0 Å². The maximum Gasteiger partial charge on any atom is 0.165 e. The van der Waals surface area contributed by atoms with E-state index in [1.165, 1.54) is 5.56 Å². The summed E-state index contributed by atoms with van der Waals surface area (Å²) < 4.78 is 11.1. The molecule has 0 bridgehead atoms. The van der Waals surface area contributed by atoms with Crippen LogP contribution < -0.4 is 0 Å². The maximum absolute atomic E-state index is 5.56. The van der Waals surface area contributed by atoms with Crippen LogP contribution >= 0.6 is 0 Å². The Bertz CT molecular complexity index is 288. The highest BCUT2D eigenvalue weighted by molar-refractivity contribution is 6.27. The van der Waals surface area contributed by atoms with Gasteiger partial charge in [-0.05, 0) is 24.4 Å². The van der Waals surface area contributed by atoms with E-state index in [4.69, 9.17) is 9.16 Å². The van der Waals surface area contributed by atoms with Crippen molar-refractivity contribution >= 4 is 9.76 Å². The molecular formula is C14H22O2Si. The Kier molecular flexibility index (Phi) is 8.55. The first-order chi connectivity index (χ1) is 8.43. The number of hydrogen-bond acceptors (Lipinski definition) is 2. The van der Waals surface area contributed by atoms with E-state index in [1.54, 1.807) is 0 Å². The molecule has 3 heteroatoms. The molecule has 0 aliphatic rings. The van der Waals surface area contributed by atoms with Gasteiger partial charge in [-0.2, -0.15) is 0 Å². The highest BCUT2D eigenvalue weighted by Crippen LogP contribution is 1.99. The molecule has 0 aliphatic carbocycles. The van der Waals surface area contributed by atoms with Crippen LogP contribution in [0, 0.1) is 0 Å². The van der Waals surface area contributed by atoms with Gasteiger partial charge in [0.15, 0.2) is 9.76 Å². The van der Waals surface area contributed by atoms with E-state index in [2.05, 4.69) is 30.8 Å². The molecule has 94 valence electrons. The largest absolute Gasteiger partial charge is 0.424 e. The summed E-state index contributed by atoms with van der Waals surface area (Å²) in [5, 5.41) is 0. The second-order valence-electron chi connectivity index (χ2n) is 3.89. The van der Waals surface area contributed by atoms with Crippen molar-refractivity contribution in [2.45, 2.75) is 18.9 Å². The van der Waals surface area contributed by atoms with Gasteiger partial charge in [0, 0.05) is 13.2 Å². The standard InChI is InChI=1S/C14H22O2Si/c1-2-13-17-16-11-6-10-15-12-9-14-7-4-3-5-8-14/h2-5,7-8H,1,6,9-13,17H2. The Morgan fingerprint density at radius 1 is 1.12 bits per heavy atom. The van der Waals surface area contributed by atoms with Crippen molar-refractivity contribution in [1.82, 2.24) is 0 Å². The molecule has 0 aromatic heterocycles. The summed E-state index contributed by atoms with van der Waals surface area (Å²) in [6.07, 6.45) is 3.93. The molecular weight excluding hydrogens is 228 g/mol. The molecule has 0 amide bonds. The minimum Gasteiger partial charge on any atom is -0.424 e. The zero-order valence-electron chi connectivity index (χ0n) is 10.4. The van der Waals surface area contributed by atoms with Crippen LogP contribution in [0.15, 0.2) is 43.0 Å². The predicted molar refractivity (Wildman–Crippen MR) is 75.1 cm³/mol. The molecule has 0 aliphatic heterocycles. The van der Waals surface area contributed by atoms with Crippen molar-refractivity contribution in [2.24, 2.45) is 0 Å². The first-order valence-corrected chi connectivity index (χ1v) is 7.81. The van der Waals surface area contributed by atoms with Gasteiger partial charge in [0.05, 0.1) is 6.61 Å². The number of ether oxygens (including phenoxy) is 1. The molecule has 0 saturated carbocycles. The van der Waals surface area contributed by atoms with Crippen LogP contribution in [-0.4, -0.2) is 29.6 Å². The van der Waals surface area contributed by atoms with E-state index < -0.39 is 0 Å². The van der Waals surface area contributed by atoms with Crippen LogP contribution in [0.3, 0.4) is 0 Å². The normalized spacial score (nSPS) is 11.1. The summed E-state index contributed by atoms with van der Waals surface area (Å²) in [7, 11) is -0.344. The highest BCUT2D eigenvalue weighted by atomic mass is 28.2. The molecule has 0 unspecified atom stereocenters. The SMILES string of the molecule is C=CC[SiH2]OCCCOCCc1ccccc1. The molecule has 2 nitrogen and oxygen atoms in total. The Morgan fingerprint density at radius 2 is 1.94 bits per heavy atom. The summed E-state index contributed by atoms with van der Waals surface area (Å²) in [5.74, 6) is 0. The van der Waals surface area contributed by atoms with Gasteiger partial charge in [-0.1, -0.05) is 36.4 Å². The maximum atomic E-state index is 5.56. The van der Waals surface area contributed by atoms with Gasteiger partial charge in [-0.3, -0.25) is 0 Å². The zero-order valence-corrected chi connectivity index (χ0v) is 11.9. The average molecular weight is 250 g/mol. The Hall–Kier alpha value is -0.903. The third kappa shape index (κ3) is 7.91. The molecule has 1 aromatic carbocycles. The Morgan fingerprint density at radius 3 is 2.71 bits per heavy atom. The highest BCUT2D eigenvalue weighted by Gasteiger charge is 1.93. The van der Waals surface area contributed by atoms with E-state index in [1.807, 2.05) is 12.1 Å². The number of hydrogen-bond donors (Lipinski definition) is 0. The average Bonchev–Trinajstić information content (AvgIpc) is 2.38. The van der Waals surface area contributed by atoms with Gasteiger partial charge in [-0.15, -0.1) is 6.58 Å². The second kappa shape index (κ2) is 10.3. The number of allylic oxidation sites excluding steroid dienone is 1. The summed E-state index contributed by atoms with van der Waals surface area (Å²) >= 11 is 0. The van der Waals surface area contributed by atoms with Gasteiger partial charge < -0.3 is 9.16 Å². The van der Waals surface area contributed by atoms with E-state index in [0.717, 1.165) is 38.7 Å². The molecule has 1 aromatic rings. The number of rotatable bonds is 10. The van der Waals surface area contributed by atoms with E-state index in [-0.39, 0.29) is 9.76 Å². The van der Waals surface area contributed by atoms with Crippen molar-refractivity contribution in [3.05, 3.63) is 48.6 Å². The summed E-state index contributed by atoms with van der Waals surface area (Å²) in [6.45, 7) is 6.12. The quantitative estimate of drug-likeness (QED) is 0.360. The summed E-state index contributed by atoms with van der Waals surface area (Å²) in [4.78, 5) is 0. The van der Waals surface area contributed by atoms with Crippen molar-refractivity contribution < 1.29 is 9.16 Å². The van der Waals surface area contributed by atoms with E-state index in [0.29, 0.717) is 0 Å². The first-order valence-electron chi connectivity index (χ1n) is 6.24. The van der Waals surface area contributed by atoms with Crippen molar-refractivity contribution in [3.63, 3.8) is 0 Å².